The van der Waals surface area contributed by atoms with Crippen molar-refractivity contribution in [1.82, 2.24) is 15.1 Å². The van der Waals surface area contributed by atoms with Gasteiger partial charge in [0.05, 0.1) is 16.3 Å². The number of thiazole rings is 1. The van der Waals surface area contributed by atoms with Gasteiger partial charge in [0.1, 0.15) is 0 Å². The van der Waals surface area contributed by atoms with Crippen molar-refractivity contribution in [3.63, 3.8) is 0 Å². The molecule has 23 heavy (non-hydrogen) atoms. The van der Waals surface area contributed by atoms with Gasteiger partial charge in [-0.1, -0.05) is 46.8 Å². The van der Waals surface area contributed by atoms with Crippen LogP contribution >= 0.6 is 11.3 Å². The van der Waals surface area contributed by atoms with Gasteiger partial charge in [-0.3, -0.25) is 0 Å². The largest absolute Gasteiger partial charge is 0.352 e. The van der Waals surface area contributed by atoms with Crippen LogP contribution in [0.2, 0.25) is 0 Å². The number of nitrogens with zero attached hydrogens (tertiary/aromatic N) is 3. The maximum absolute atomic E-state index is 5.35. The van der Waals surface area contributed by atoms with E-state index >= 15 is 0 Å². The summed E-state index contributed by atoms with van der Waals surface area (Å²) >= 11 is 1.62. The minimum absolute atomic E-state index is 0.0863. The number of hydrogen-bond donors (Lipinski definition) is 1. The molecule has 1 unspecified atom stereocenters. The summed E-state index contributed by atoms with van der Waals surface area (Å²) in [5.74, 6) is 1.14. The SMILES string of the molecule is CC(Nc1nc2ccccc2s1)c1noc(-c2ccccc2)n1. The summed E-state index contributed by atoms with van der Waals surface area (Å²) in [5.41, 5.74) is 1.91. The van der Waals surface area contributed by atoms with Gasteiger partial charge in [0.25, 0.3) is 5.89 Å². The van der Waals surface area contributed by atoms with Crippen LogP contribution in [0.15, 0.2) is 59.1 Å². The highest BCUT2D eigenvalue weighted by Crippen LogP contribution is 2.28. The summed E-state index contributed by atoms with van der Waals surface area (Å²) in [6.45, 7) is 1.99. The third kappa shape index (κ3) is 2.80. The van der Waals surface area contributed by atoms with Crippen LogP contribution in [0.25, 0.3) is 21.7 Å². The highest BCUT2D eigenvalue weighted by molar-refractivity contribution is 7.22. The Morgan fingerprint density at radius 2 is 1.78 bits per heavy atom. The molecule has 0 radical (unpaired) electrons. The van der Waals surface area contributed by atoms with Crippen molar-refractivity contribution >= 4 is 26.7 Å². The summed E-state index contributed by atoms with van der Waals surface area (Å²) in [7, 11) is 0. The Balaban J connectivity index is 1.55. The quantitative estimate of drug-likeness (QED) is 0.598. The maximum Gasteiger partial charge on any atom is 0.257 e. The van der Waals surface area contributed by atoms with E-state index in [9.17, 15) is 0 Å². The molecule has 2 heterocycles. The molecule has 0 aliphatic rings. The monoisotopic (exact) mass is 322 g/mol. The van der Waals surface area contributed by atoms with Gasteiger partial charge in [0, 0.05) is 5.56 Å². The number of aromatic nitrogens is 3. The van der Waals surface area contributed by atoms with Crippen molar-refractivity contribution in [2.75, 3.05) is 5.32 Å². The van der Waals surface area contributed by atoms with E-state index in [2.05, 4.69) is 26.5 Å². The molecule has 114 valence electrons. The molecular weight excluding hydrogens is 308 g/mol. The van der Waals surface area contributed by atoms with Crippen molar-refractivity contribution in [2.24, 2.45) is 0 Å². The number of anilines is 1. The standard InChI is InChI=1S/C17H14N4OS/c1-11(18-17-19-13-9-5-6-10-14(13)23-17)15-20-16(22-21-15)12-7-3-2-4-8-12/h2-11H,1H3,(H,18,19). The first-order valence-corrected chi connectivity index (χ1v) is 8.12. The van der Waals surface area contributed by atoms with Crippen LogP contribution in [0.3, 0.4) is 0 Å². The fraction of sp³-hybridized carbons (Fsp3) is 0.118. The van der Waals surface area contributed by atoms with Crippen molar-refractivity contribution in [2.45, 2.75) is 13.0 Å². The van der Waals surface area contributed by atoms with Gasteiger partial charge in [-0.15, -0.1) is 0 Å². The van der Waals surface area contributed by atoms with Gasteiger partial charge in [-0.05, 0) is 31.2 Å². The molecule has 2 aromatic heterocycles. The smallest absolute Gasteiger partial charge is 0.257 e. The van der Waals surface area contributed by atoms with Gasteiger partial charge in [-0.25, -0.2) is 4.98 Å². The first-order valence-electron chi connectivity index (χ1n) is 7.31. The van der Waals surface area contributed by atoms with Gasteiger partial charge in [0.2, 0.25) is 0 Å². The lowest BCUT2D eigenvalue weighted by Gasteiger charge is -2.07. The first-order chi connectivity index (χ1) is 11.3. The third-order valence-corrected chi connectivity index (χ3v) is 4.45. The van der Waals surface area contributed by atoms with Crippen molar-refractivity contribution in [3.05, 3.63) is 60.4 Å². The Kier molecular flexibility index (Phi) is 3.51. The summed E-state index contributed by atoms with van der Waals surface area (Å²) in [6, 6.07) is 17.7. The maximum atomic E-state index is 5.35. The van der Waals surface area contributed by atoms with Crippen LogP contribution < -0.4 is 5.32 Å². The van der Waals surface area contributed by atoms with Crippen LogP contribution in [0.5, 0.6) is 0 Å². The molecule has 0 saturated carbocycles. The van der Waals surface area contributed by atoms with E-state index in [1.807, 2.05) is 55.5 Å². The van der Waals surface area contributed by atoms with E-state index in [1.54, 1.807) is 11.3 Å². The zero-order valence-corrected chi connectivity index (χ0v) is 13.2. The second kappa shape index (κ2) is 5.81. The fourth-order valence-corrected chi connectivity index (χ4v) is 3.25. The number of fused-ring (bicyclic) bond motifs is 1. The molecule has 5 nitrogen and oxygen atoms in total. The lowest BCUT2D eigenvalue weighted by Crippen LogP contribution is -2.08. The highest BCUT2D eigenvalue weighted by Gasteiger charge is 2.16. The fourth-order valence-electron chi connectivity index (χ4n) is 2.29. The first kappa shape index (κ1) is 13.9. The summed E-state index contributed by atoms with van der Waals surface area (Å²) in [4.78, 5) is 9.03. The average Bonchev–Trinajstić information content (AvgIpc) is 3.22. The van der Waals surface area contributed by atoms with E-state index in [0.29, 0.717) is 11.7 Å². The molecule has 4 aromatic rings. The highest BCUT2D eigenvalue weighted by atomic mass is 32.1. The predicted octanol–water partition coefficient (Wildman–Crippen LogP) is 4.52. The number of rotatable bonds is 4. The zero-order chi connectivity index (χ0) is 15.6. The third-order valence-electron chi connectivity index (χ3n) is 3.48. The van der Waals surface area contributed by atoms with Gasteiger partial charge < -0.3 is 9.84 Å². The van der Waals surface area contributed by atoms with Crippen molar-refractivity contribution in [3.8, 4) is 11.5 Å². The predicted molar refractivity (Wildman–Crippen MR) is 91.4 cm³/mol. The van der Waals surface area contributed by atoms with E-state index < -0.39 is 0 Å². The molecule has 1 N–H and O–H groups in total. The summed E-state index contributed by atoms with van der Waals surface area (Å²) < 4.78 is 6.50. The summed E-state index contributed by atoms with van der Waals surface area (Å²) in [6.07, 6.45) is 0. The Morgan fingerprint density at radius 1 is 1.00 bits per heavy atom. The molecule has 0 bridgehead atoms. The molecule has 1 atom stereocenters. The Morgan fingerprint density at radius 3 is 2.61 bits per heavy atom. The molecule has 0 aliphatic heterocycles. The lowest BCUT2D eigenvalue weighted by atomic mass is 10.2. The minimum atomic E-state index is -0.0863. The van der Waals surface area contributed by atoms with Gasteiger partial charge >= 0.3 is 0 Å². The van der Waals surface area contributed by atoms with Crippen LogP contribution in [-0.4, -0.2) is 15.1 Å². The molecule has 0 aliphatic carbocycles. The minimum Gasteiger partial charge on any atom is -0.352 e. The van der Waals surface area contributed by atoms with Crippen LogP contribution in [0.4, 0.5) is 5.13 Å². The van der Waals surface area contributed by atoms with E-state index in [1.165, 1.54) is 0 Å². The molecule has 0 saturated heterocycles. The topological polar surface area (TPSA) is 63.8 Å². The van der Waals surface area contributed by atoms with E-state index in [4.69, 9.17) is 4.52 Å². The second-order valence-corrected chi connectivity index (χ2v) is 6.21. The average molecular weight is 322 g/mol. The number of nitrogens with one attached hydrogen (secondary N) is 1. The lowest BCUT2D eigenvalue weighted by molar-refractivity contribution is 0.420. The number of hydrogen-bond acceptors (Lipinski definition) is 6. The molecule has 0 amide bonds. The van der Waals surface area contributed by atoms with Crippen LogP contribution in [0, 0.1) is 0 Å². The second-order valence-electron chi connectivity index (χ2n) is 5.18. The number of benzene rings is 2. The molecule has 2 aromatic carbocycles. The Bertz CT molecular complexity index is 899. The molecular formula is C17H14N4OS. The normalized spacial score (nSPS) is 12.4. The molecule has 0 spiro atoms. The van der Waals surface area contributed by atoms with Gasteiger partial charge in [-0.2, -0.15) is 4.98 Å². The van der Waals surface area contributed by atoms with E-state index in [0.717, 1.165) is 20.9 Å². The van der Waals surface area contributed by atoms with Crippen LogP contribution in [-0.2, 0) is 0 Å². The molecule has 0 fully saturated rings. The van der Waals surface area contributed by atoms with Crippen molar-refractivity contribution in [1.29, 1.82) is 0 Å². The summed E-state index contributed by atoms with van der Waals surface area (Å²) in [5, 5.41) is 8.26. The molecule has 4 rings (SSSR count). The zero-order valence-electron chi connectivity index (χ0n) is 12.4. The molecule has 6 heteroatoms. The van der Waals surface area contributed by atoms with Gasteiger partial charge in [0.15, 0.2) is 11.0 Å². The van der Waals surface area contributed by atoms with Crippen LogP contribution in [0.1, 0.15) is 18.8 Å². The number of para-hydroxylation sites is 1. The van der Waals surface area contributed by atoms with Crippen molar-refractivity contribution < 1.29 is 4.52 Å². The Hall–Kier alpha value is -2.73. The van der Waals surface area contributed by atoms with E-state index in [-0.39, 0.29) is 6.04 Å². The Labute approximate surface area is 137 Å².